The molecule has 17 heteroatoms. The van der Waals surface area contributed by atoms with Crippen molar-refractivity contribution in [3.63, 3.8) is 0 Å². The van der Waals surface area contributed by atoms with Gasteiger partial charge in [0.15, 0.2) is 29.7 Å². The first-order chi connectivity index (χ1) is 18.8. The summed E-state index contributed by atoms with van der Waals surface area (Å²) in [6.07, 6.45) is -6.15. The van der Waals surface area contributed by atoms with Crippen LogP contribution in [0.3, 0.4) is 0 Å². The summed E-state index contributed by atoms with van der Waals surface area (Å²) < 4.78 is 47.4. The third-order valence-electron chi connectivity index (χ3n) is 5.47. The topological polar surface area (TPSA) is 130 Å². The summed E-state index contributed by atoms with van der Waals surface area (Å²) in [4.78, 5) is 33.1. The average Bonchev–Trinajstić information content (AvgIpc) is 3.40. The van der Waals surface area contributed by atoms with Crippen molar-refractivity contribution in [1.82, 2.24) is 34.1 Å². The molecule has 11 nitrogen and oxygen atoms in total. The van der Waals surface area contributed by atoms with E-state index in [4.69, 9.17) is 39.5 Å². The minimum absolute atomic E-state index is 0.0382. The molecule has 0 amide bonds. The van der Waals surface area contributed by atoms with Gasteiger partial charge in [-0.2, -0.15) is 13.2 Å². The smallest absolute Gasteiger partial charge is 0.416 e. The Balaban J connectivity index is 1.82. The summed E-state index contributed by atoms with van der Waals surface area (Å²) in [6, 6.07) is 5.87. The number of hydrogen-bond donors (Lipinski definition) is 1. The molecule has 3 aromatic heterocycles. The van der Waals surface area contributed by atoms with Crippen LogP contribution < -0.4 is 5.69 Å². The fourth-order valence-electron chi connectivity index (χ4n) is 3.70. The first-order valence-corrected chi connectivity index (χ1v) is 12.5. The largest absolute Gasteiger partial charge is 0.455 e. The first kappa shape index (κ1) is 29.5. The van der Waals surface area contributed by atoms with Crippen LogP contribution in [0.2, 0.25) is 15.1 Å². The Hall–Kier alpha value is -3.46. The lowest BCUT2D eigenvalue weighted by Gasteiger charge is -2.15. The van der Waals surface area contributed by atoms with Crippen LogP contribution >= 0.6 is 34.8 Å². The van der Waals surface area contributed by atoms with Gasteiger partial charge in [0.05, 0.1) is 16.6 Å². The Morgan fingerprint density at radius 3 is 2.30 bits per heavy atom. The summed E-state index contributed by atoms with van der Waals surface area (Å²) in [5.41, 5.74) is -0.536. The van der Waals surface area contributed by atoms with Gasteiger partial charge < -0.3 is 9.84 Å². The Labute approximate surface area is 238 Å². The van der Waals surface area contributed by atoms with Crippen molar-refractivity contribution in [3.05, 3.63) is 73.9 Å². The van der Waals surface area contributed by atoms with E-state index in [1.165, 1.54) is 55.2 Å². The fourth-order valence-corrected chi connectivity index (χ4v) is 4.35. The highest BCUT2D eigenvalue weighted by molar-refractivity contribution is 6.37. The Morgan fingerprint density at radius 1 is 1.10 bits per heavy atom. The molecule has 0 fully saturated rings. The van der Waals surface area contributed by atoms with Crippen molar-refractivity contribution in [1.29, 1.82) is 0 Å². The van der Waals surface area contributed by atoms with Crippen LogP contribution in [0.25, 0.3) is 17.1 Å². The van der Waals surface area contributed by atoms with Crippen LogP contribution in [0.5, 0.6) is 0 Å². The molecule has 2 atom stereocenters. The molecule has 1 N–H and O–H groups in total. The molecule has 0 saturated carbocycles. The van der Waals surface area contributed by atoms with Crippen LogP contribution in [-0.4, -0.2) is 57.5 Å². The molecule has 0 spiro atoms. The molecule has 4 aromatic rings. The maximum Gasteiger partial charge on any atom is 0.416 e. The molecule has 0 radical (unpaired) electrons. The van der Waals surface area contributed by atoms with Crippen molar-refractivity contribution in [2.75, 3.05) is 0 Å². The fraction of sp³-hybridized carbons (Fsp3) is 0.304. The molecule has 0 aliphatic heterocycles. The number of halogens is 6. The second-order valence-electron chi connectivity index (χ2n) is 8.44. The van der Waals surface area contributed by atoms with E-state index in [-0.39, 0.29) is 38.8 Å². The number of aliphatic hydroxyl groups is 1. The molecular weight excluding hydrogens is 602 g/mol. The lowest BCUT2D eigenvalue weighted by Crippen LogP contribution is -2.37. The monoisotopic (exact) mass is 619 g/mol. The van der Waals surface area contributed by atoms with E-state index in [0.717, 1.165) is 4.68 Å². The quantitative estimate of drug-likeness (QED) is 0.290. The lowest BCUT2D eigenvalue weighted by molar-refractivity contribution is -0.207. The van der Waals surface area contributed by atoms with Crippen LogP contribution in [0.1, 0.15) is 31.6 Å². The van der Waals surface area contributed by atoms with Gasteiger partial charge in [-0.05, 0) is 31.2 Å². The van der Waals surface area contributed by atoms with Gasteiger partial charge in [0, 0.05) is 29.9 Å². The van der Waals surface area contributed by atoms with Crippen LogP contribution in [0, 0.1) is 0 Å². The highest BCUT2D eigenvalue weighted by Crippen LogP contribution is 2.30. The van der Waals surface area contributed by atoms with E-state index in [9.17, 15) is 27.9 Å². The van der Waals surface area contributed by atoms with E-state index >= 15 is 0 Å². The van der Waals surface area contributed by atoms with E-state index in [2.05, 4.69) is 20.2 Å². The molecule has 3 heterocycles. The number of aliphatic hydroxyl groups excluding tert-OH is 1. The lowest BCUT2D eigenvalue weighted by atomic mass is 10.2. The minimum Gasteiger partial charge on any atom is -0.455 e. The number of alkyl halides is 3. The van der Waals surface area contributed by atoms with Gasteiger partial charge in [0.2, 0.25) is 0 Å². The van der Waals surface area contributed by atoms with Crippen LogP contribution in [0.4, 0.5) is 13.2 Å². The van der Waals surface area contributed by atoms with Gasteiger partial charge in [-0.25, -0.2) is 19.1 Å². The van der Waals surface area contributed by atoms with Gasteiger partial charge in [-0.3, -0.25) is 14.3 Å². The number of carbonyl (C=O) groups excluding carboxylic acids is 1. The number of esters is 1. The third kappa shape index (κ3) is 6.30. The zero-order valence-corrected chi connectivity index (χ0v) is 22.9. The summed E-state index contributed by atoms with van der Waals surface area (Å²) in [6.45, 7) is 1.19. The van der Waals surface area contributed by atoms with Gasteiger partial charge in [0.25, 0.3) is 0 Å². The van der Waals surface area contributed by atoms with Gasteiger partial charge >= 0.3 is 17.8 Å². The van der Waals surface area contributed by atoms with E-state index in [1.807, 2.05) is 0 Å². The number of nitrogens with zero attached hydrogens (tertiary/aromatic N) is 7. The Morgan fingerprint density at radius 2 is 1.73 bits per heavy atom. The summed E-state index contributed by atoms with van der Waals surface area (Å²) >= 11 is 18.5. The number of benzene rings is 1. The van der Waals surface area contributed by atoms with Crippen molar-refractivity contribution in [2.24, 2.45) is 0 Å². The first-order valence-electron chi connectivity index (χ1n) is 11.4. The molecule has 0 bridgehead atoms. The zero-order valence-electron chi connectivity index (χ0n) is 20.6. The summed E-state index contributed by atoms with van der Waals surface area (Å²) in [5, 5.41) is 18.8. The molecule has 4 rings (SSSR count). The van der Waals surface area contributed by atoms with Crippen LogP contribution in [-0.2, 0) is 22.6 Å². The average molecular weight is 621 g/mol. The number of carbonyl (C=O) groups is 1. The van der Waals surface area contributed by atoms with Crippen LogP contribution in [0.15, 0.2) is 41.5 Å². The van der Waals surface area contributed by atoms with Crippen molar-refractivity contribution in [3.8, 4) is 17.1 Å². The number of pyridine rings is 1. The minimum atomic E-state index is -4.98. The Kier molecular flexibility index (Phi) is 8.54. The van der Waals surface area contributed by atoms with Crippen molar-refractivity contribution >= 4 is 40.8 Å². The third-order valence-corrected chi connectivity index (χ3v) is 6.28. The highest BCUT2D eigenvalue weighted by atomic mass is 35.5. The highest BCUT2D eigenvalue weighted by Gasteiger charge is 2.39. The molecule has 0 saturated heterocycles. The zero-order chi connectivity index (χ0) is 29.4. The van der Waals surface area contributed by atoms with Crippen molar-refractivity contribution < 1.29 is 27.8 Å². The van der Waals surface area contributed by atoms with Gasteiger partial charge in [-0.1, -0.05) is 34.8 Å². The molecule has 1 aromatic carbocycles. The molecule has 0 unspecified atom stereocenters. The Bertz CT molecular complexity index is 1580. The molecular formula is C23H19Cl3F3N7O4. The number of rotatable bonds is 8. The molecule has 0 aliphatic rings. The number of ether oxygens (including phenoxy) is 1. The molecule has 212 valence electrons. The maximum atomic E-state index is 13.2. The predicted molar refractivity (Wildman–Crippen MR) is 137 cm³/mol. The molecule has 0 aliphatic carbocycles. The second kappa shape index (κ2) is 11.6. The van der Waals surface area contributed by atoms with Gasteiger partial charge in [0.1, 0.15) is 12.2 Å². The van der Waals surface area contributed by atoms with E-state index in [0.29, 0.717) is 9.59 Å². The van der Waals surface area contributed by atoms with Crippen molar-refractivity contribution in [2.45, 2.75) is 45.3 Å². The molecule has 40 heavy (non-hydrogen) atoms. The van der Waals surface area contributed by atoms with E-state index < -0.39 is 43.1 Å². The maximum absolute atomic E-state index is 13.2. The number of hydrogen-bond acceptors (Lipinski definition) is 8. The summed E-state index contributed by atoms with van der Waals surface area (Å²) in [5.74, 6) is -0.721. The SMILES string of the molecule is CC(=O)O[C@@H](C)c1nc(Cn2nc(-c3ccc(Cl)cc3)n(C[C@H](O)C(F)(F)F)c2=O)nn1-c1c(Cl)cncc1Cl. The predicted octanol–water partition coefficient (Wildman–Crippen LogP) is 4.24. The normalized spacial score (nSPS) is 13.3. The van der Waals surface area contributed by atoms with E-state index in [1.54, 1.807) is 0 Å². The standard InChI is InChI=1S/C23H19Cl3F3N7O4/c1-11(40-12(2)37)20-31-18(32-36(20)19-15(25)7-30-8-16(19)26)10-35-22(39)34(9-17(38)23(27,28)29)21(33-35)13-3-5-14(24)6-4-13/h3-8,11,17,38H,9-10H2,1-2H3/t11-,17-/m0/s1. The summed E-state index contributed by atoms with van der Waals surface area (Å²) in [7, 11) is 0. The number of aromatic nitrogens is 7. The second-order valence-corrected chi connectivity index (χ2v) is 9.69. The van der Waals surface area contributed by atoms with Gasteiger partial charge in [-0.15, -0.1) is 10.2 Å².